The molecule has 0 saturated heterocycles. The van der Waals surface area contributed by atoms with Gasteiger partial charge in [0.15, 0.2) is 11.6 Å². The van der Waals surface area contributed by atoms with E-state index >= 15 is 0 Å². The molecule has 7 heteroatoms. The van der Waals surface area contributed by atoms with E-state index in [0.29, 0.717) is 5.56 Å². The van der Waals surface area contributed by atoms with Crippen molar-refractivity contribution in [2.24, 2.45) is 5.73 Å². The minimum atomic E-state index is -2.63. The van der Waals surface area contributed by atoms with E-state index in [0.717, 1.165) is 6.07 Å². The third kappa shape index (κ3) is 4.19. The predicted molar refractivity (Wildman–Crippen MR) is 60.7 cm³/mol. The Hall–Kier alpha value is -0.460. The van der Waals surface area contributed by atoms with E-state index in [4.69, 9.17) is 5.73 Å². The van der Waals surface area contributed by atoms with Gasteiger partial charge < -0.3 is 10.5 Å². The normalized spacial score (nSPS) is 10.1. The summed E-state index contributed by atoms with van der Waals surface area (Å²) in [6, 6.07) is 2.69. The van der Waals surface area contributed by atoms with Crippen LogP contribution in [0.1, 0.15) is 5.56 Å². The van der Waals surface area contributed by atoms with Crippen LogP contribution in [0.4, 0.5) is 13.2 Å². The number of alkyl halides is 2. The van der Waals surface area contributed by atoms with Crippen molar-refractivity contribution in [3.8, 4) is 5.75 Å². The molecule has 2 N–H and O–H groups in total. The lowest BCUT2D eigenvalue weighted by Gasteiger charge is -2.10. The summed E-state index contributed by atoms with van der Waals surface area (Å²) in [5, 5.41) is 0. The highest BCUT2D eigenvalue weighted by Crippen LogP contribution is 2.29. The van der Waals surface area contributed by atoms with E-state index in [-0.39, 0.29) is 29.2 Å². The molecule has 0 radical (unpaired) electrons. The third-order valence-electron chi connectivity index (χ3n) is 1.65. The van der Waals surface area contributed by atoms with Gasteiger partial charge in [0.1, 0.15) is 6.61 Å². The Kier molecular flexibility index (Phi) is 6.78. The molecule has 2 nitrogen and oxygen atoms in total. The van der Waals surface area contributed by atoms with Gasteiger partial charge in [-0.05, 0) is 33.6 Å². The monoisotopic (exact) mass is 319 g/mol. The summed E-state index contributed by atoms with van der Waals surface area (Å²) in [5.74, 6) is -0.919. The van der Waals surface area contributed by atoms with Crippen molar-refractivity contribution in [1.29, 1.82) is 0 Å². The lowest BCUT2D eigenvalue weighted by molar-refractivity contribution is 0.0795. The molecular weight excluding hydrogens is 310 g/mol. The fraction of sp³-hybridized carbons (Fsp3) is 0.333. The first-order valence-electron chi connectivity index (χ1n) is 4.13. The van der Waals surface area contributed by atoms with Crippen LogP contribution in [-0.4, -0.2) is 13.0 Å². The smallest absolute Gasteiger partial charge is 0.272 e. The SMILES string of the molecule is Cl.NCc1cc(F)c(OCC(F)F)c(Br)c1. The van der Waals surface area contributed by atoms with Crippen LogP contribution >= 0.6 is 28.3 Å². The van der Waals surface area contributed by atoms with Gasteiger partial charge in [-0.25, -0.2) is 13.2 Å². The van der Waals surface area contributed by atoms with Gasteiger partial charge in [0, 0.05) is 6.54 Å². The van der Waals surface area contributed by atoms with Crippen molar-refractivity contribution in [2.75, 3.05) is 6.61 Å². The van der Waals surface area contributed by atoms with Gasteiger partial charge in [-0.3, -0.25) is 0 Å². The number of benzene rings is 1. The molecule has 0 fully saturated rings. The molecule has 0 unspecified atom stereocenters. The molecule has 0 aliphatic heterocycles. The number of hydrogen-bond donors (Lipinski definition) is 1. The van der Waals surface area contributed by atoms with Crippen molar-refractivity contribution in [1.82, 2.24) is 0 Å². The molecule has 0 heterocycles. The van der Waals surface area contributed by atoms with Crippen LogP contribution in [0.15, 0.2) is 16.6 Å². The van der Waals surface area contributed by atoms with E-state index in [1.165, 1.54) is 6.07 Å². The maximum Gasteiger partial charge on any atom is 0.272 e. The molecule has 1 aromatic carbocycles. The second-order valence-electron chi connectivity index (χ2n) is 2.79. The van der Waals surface area contributed by atoms with Gasteiger partial charge in [0.2, 0.25) is 0 Å². The van der Waals surface area contributed by atoms with Crippen LogP contribution < -0.4 is 10.5 Å². The molecule has 0 spiro atoms. The van der Waals surface area contributed by atoms with Gasteiger partial charge in [-0.2, -0.15) is 0 Å². The molecule has 1 aromatic rings. The molecule has 1 rings (SSSR count). The second kappa shape index (κ2) is 6.98. The quantitative estimate of drug-likeness (QED) is 0.925. The van der Waals surface area contributed by atoms with Gasteiger partial charge in [-0.15, -0.1) is 12.4 Å². The third-order valence-corrected chi connectivity index (χ3v) is 2.24. The summed E-state index contributed by atoms with van der Waals surface area (Å²) in [5.41, 5.74) is 5.87. The molecule has 0 atom stereocenters. The van der Waals surface area contributed by atoms with Crippen LogP contribution in [0, 0.1) is 5.82 Å². The Bertz CT molecular complexity index is 329. The van der Waals surface area contributed by atoms with Gasteiger partial charge in [0.05, 0.1) is 4.47 Å². The minimum absolute atomic E-state index is 0. The summed E-state index contributed by atoms with van der Waals surface area (Å²) in [7, 11) is 0. The van der Waals surface area contributed by atoms with E-state index in [2.05, 4.69) is 20.7 Å². The van der Waals surface area contributed by atoms with Crippen molar-refractivity contribution in [2.45, 2.75) is 13.0 Å². The minimum Gasteiger partial charge on any atom is -0.483 e. The van der Waals surface area contributed by atoms with Crippen LogP contribution in [0.5, 0.6) is 5.75 Å². The Morgan fingerprint density at radius 2 is 2.00 bits per heavy atom. The number of ether oxygens (including phenoxy) is 1. The fourth-order valence-corrected chi connectivity index (χ4v) is 1.61. The lowest BCUT2D eigenvalue weighted by Crippen LogP contribution is -2.09. The average molecular weight is 321 g/mol. The Labute approximate surface area is 105 Å². The van der Waals surface area contributed by atoms with Gasteiger partial charge in [-0.1, -0.05) is 0 Å². The van der Waals surface area contributed by atoms with E-state index in [1.54, 1.807) is 0 Å². The average Bonchev–Trinajstić information content (AvgIpc) is 2.15. The van der Waals surface area contributed by atoms with Gasteiger partial charge >= 0.3 is 0 Å². The number of halogens is 5. The topological polar surface area (TPSA) is 35.2 Å². The molecule has 0 amide bonds. The number of rotatable bonds is 4. The zero-order valence-electron chi connectivity index (χ0n) is 8.05. The first-order valence-corrected chi connectivity index (χ1v) is 4.92. The highest BCUT2D eigenvalue weighted by molar-refractivity contribution is 9.10. The van der Waals surface area contributed by atoms with Gasteiger partial charge in [0.25, 0.3) is 6.43 Å². The Morgan fingerprint density at radius 3 is 2.44 bits per heavy atom. The summed E-state index contributed by atoms with van der Waals surface area (Å²) >= 11 is 3.02. The zero-order valence-corrected chi connectivity index (χ0v) is 10.5. The van der Waals surface area contributed by atoms with E-state index < -0.39 is 18.8 Å². The number of nitrogens with two attached hydrogens (primary N) is 1. The fourth-order valence-electron chi connectivity index (χ4n) is 1.01. The molecule has 0 aliphatic carbocycles. The van der Waals surface area contributed by atoms with E-state index in [1.807, 2.05) is 0 Å². The summed E-state index contributed by atoms with van der Waals surface area (Å²) < 4.78 is 41.9. The van der Waals surface area contributed by atoms with Crippen molar-refractivity contribution >= 4 is 28.3 Å². The van der Waals surface area contributed by atoms with Crippen LogP contribution in [-0.2, 0) is 6.54 Å². The summed E-state index contributed by atoms with van der Waals surface area (Å²) in [4.78, 5) is 0. The molecular formula is C9H10BrClF3NO. The predicted octanol–water partition coefficient (Wildman–Crippen LogP) is 3.11. The number of hydrogen-bond acceptors (Lipinski definition) is 2. The lowest BCUT2D eigenvalue weighted by atomic mass is 10.2. The van der Waals surface area contributed by atoms with E-state index in [9.17, 15) is 13.2 Å². The second-order valence-corrected chi connectivity index (χ2v) is 3.65. The highest BCUT2D eigenvalue weighted by atomic mass is 79.9. The maximum atomic E-state index is 13.3. The molecule has 0 bridgehead atoms. The molecule has 0 aliphatic rings. The summed E-state index contributed by atoms with van der Waals surface area (Å²) in [6.45, 7) is -0.665. The summed E-state index contributed by atoms with van der Waals surface area (Å²) in [6.07, 6.45) is -2.63. The molecule has 0 saturated carbocycles. The van der Waals surface area contributed by atoms with Crippen LogP contribution in [0.25, 0.3) is 0 Å². The molecule has 92 valence electrons. The standard InChI is InChI=1S/C9H9BrF3NO.ClH/c10-6-1-5(3-14)2-7(11)9(6)15-4-8(12)13;/h1-2,8H,3-4,14H2;1H. The first kappa shape index (κ1) is 15.5. The van der Waals surface area contributed by atoms with Crippen LogP contribution in [0.3, 0.4) is 0 Å². The first-order chi connectivity index (χ1) is 7.04. The van der Waals surface area contributed by atoms with Crippen LogP contribution in [0.2, 0.25) is 0 Å². The largest absolute Gasteiger partial charge is 0.483 e. The Morgan fingerprint density at radius 1 is 1.38 bits per heavy atom. The molecule has 16 heavy (non-hydrogen) atoms. The zero-order chi connectivity index (χ0) is 11.4. The maximum absolute atomic E-state index is 13.3. The molecule has 0 aromatic heterocycles. The Balaban J connectivity index is 0.00000225. The van der Waals surface area contributed by atoms with Crippen molar-refractivity contribution in [3.05, 3.63) is 28.0 Å². The highest BCUT2D eigenvalue weighted by Gasteiger charge is 2.12. The van der Waals surface area contributed by atoms with Crippen molar-refractivity contribution < 1.29 is 17.9 Å². The van der Waals surface area contributed by atoms with Crippen molar-refractivity contribution in [3.63, 3.8) is 0 Å².